The van der Waals surface area contributed by atoms with Gasteiger partial charge in [-0.25, -0.2) is 9.97 Å². The summed E-state index contributed by atoms with van der Waals surface area (Å²) in [6.45, 7) is 0.549. The predicted octanol–water partition coefficient (Wildman–Crippen LogP) is 2.22. The summed E-state index contributed by atoms with van der Waals surface area (Å²) < 4.78 is 5.62. The highest BCUT2D eigenvalue weighted by atomic mass is 32.1. The second-order valence-corrected chi connectivity index (χ2v) is 3.84. The summed E-state index contributed by atoms with van der Waals surface area (Å²) in [7, 11) is 0. The number of fused-ring (bicyclic) bond motifs is 1. The van der Waals surface area contributed by atoms with Crippen molar-refractivity contribution in [2.24, 2.45) is 0 Å². The first kappa shape index (κ1) is 10.0. The highest BCUT2D eigenvalue weighted by Gasteiger charge is 2.06. The highest BCUT2D eigenvalue weighted by Crippen LogP contribution is 2.16. The van der Waals surface area contributed by atoms with Gasteiger partial charge in [-0.3, -0.25) is 0 Å². The lowest BCUT2D eigenvalue weighted by atomic mass is 10.4. The quantitative estimate of drug-likeness (QED) is 0.618. The average Bonchev–Trinajstić information content (AvgIpc) is 2.95. The Morgan fingerprint density at radius 3 is 3.24 bits per heavy atom. The van der Waals surface area contributed by atoms with E-state index in [2.05, 4.69) is 25.3 Å². The minimum Gasteiger partial charge on any atom is -0.467 e. The Morgan fingerprint density at radius 1 is 1.47 bits per heavy atom. The molecule has 0 radical (unpaired) electrons. The molecule has 17 heavy (non-hydrogen) atoms. The summed E-state index contributed by atoms with van der Waals surface area (Å²) in [5, 5.41) is 3.15. The van der Waals surface area contributed by atoms with Crippen molar-refractivity contribution in [2.75, 3.05) is 5.32 Å². The molecule has 0 saturated heterocycles. The van der Waals surface area contributed by atoms with Crippen LogP contribution in [0, 0.1) is 4.77 Å². The number of nitrogens with zero attached hydrogens (tertiary/aromatic N) is 2. The van der Waals surface area contributed by atoms with E-state index < -0.39 is 0 Å². The monoisotopic (exact) mass is 247 g/mol. The van der Waals surface area contributed by atoms with Crippen LogP contribution in [-0.4, -0.2) is 19.9 Å². The topological polar surface area (TPSA) is 82.5 Å². The molecule has 3 aromatic rings. The first-order chi connectivity index (χ1) is 8.33. The Bertz CT molecular complexity index is 684. The molecular formula is C10H9N5OS. The maximum atomic E-state index is 5.23. The van der Waals surface area contributed by atoms with Gasteiger partial charge in [-0.05, 0) is 24.4 Å². The molecule has 6 nitrogen and oxygen atoms in total. The van der Waals surface area contributed by atoms with Gasteiger partial charge in [0, 0.05) is 0 Å². The van der Waals surface area contributed by atoms with Crippen molar-refractivity contribution in [2.45, 2.75) is 6.54 Å². The Hall–Kier alpha value is -2.15. The molecule has 3 rings (SSSR count). The van der Waals surface area contributed by atoms with Gasteiger partial charge in [-0.15, -0.1) is 0 Å². The normalized spacial score (nSPS) is 10.8. The summed E-state index contributed by atoms with van der Waals surface area (Å²) >= 11 is 5.02. The molecule has 0 saturated carbocycles. The summed E-state index contributed by atoms with van der Waals surface area (Å²) in [5.41, 5.74) is 1.48. The molecule has 0 amide bonds. The smallest absolute Gasteiger partial charge is 0.200 e. The number of aromatic amines is 2. The molecule has 3 N–H and O–H groups in total. The fourth-order valence-corrected chi connectivity index (χ4v) is 1.76. The van der Waals surface area contributed by atoms with Crippen molar-refractivity contribution in [3.63, 3.8) is 0 Å². The summed E-state index contributed by atoms with van der Waals surface area (Å²) in [5.74, 6) is 1.50. The zero-order valence-electron chi connectivity index (χ0n) is 8.73. The van der Waals surface area contributed by atoms with Gasteiger partial charge in [-0.1, -0.05) is 0 Å². The largest absolute Gasteiger partial charge is 0.467 e. The number of nitrogens with one attached hydrogen (secondary N) is 3. The van der Waals surface area contributed by atoms with Crippen molar-refractivity contribution in [3.05, 3.63) is 35.3 Å². The molecule has 0 aliphatic carbocycles. The standard InChI is InChI=1S/C10H9N5OS/c17-10-14-8(7-9(15-10)13-5-12-7)11-4-6-2-1-3-16-6/h1-3,5H,4H2,(H3,11,12,13,14,15,17). The lowest BCUT2D eigenvalue weighted by Gasteiger charge is -2.03. The van der Waals surface area contributed by atoms with E-state index in [0.29, 0.717) is 22.8 Å². The zero-order chi connectivity index (χ0) is 11.7. The van der Waals surface area contributed by atoms with E-state index in [4.69, 9.17) is 16.6 Å². The zero-order valence-corrected chi connectivity index (χ0v) is 9.54. The molecule has 0 spiro atoms. The maximum absolute atomic E-state index is 5.23. The highest BCUT2D eigenvalue weighted by molar-refractivity contribution is 7.71. The third-order valence-corrected chi connectivity index (χ3v) is 2.52. The van der Waals surface area contributed by atoms with Crippen molar-refractivity contribution in [1.82, 2.24) is 19.9 Å². The van der Waals surface area contributed by atoms with Crippen molar-refractivity contribution >= 4 is 29.2 Å². The number of rotatable bonds is 3. The molecule has 0 aromatic carbocycles. The summed E-state index contributed by atoms with van der Waals surface area (Å²) in [4.78, 5) is 14.2. The summed E-state index contributed by atoms with van der Waals surface area (Å²) in [6, 6.07) is 3.73. The Morgan fingerprint density at radius 2 is 2.41 bits per heavy atom. The SMILES string of the molecule is S=c1nc(NCc2ccco2)c2[nH]cnc2[nH]1. The van der Waals surface area contributed by atoms with E-state index in [1.807, 2.05) is 12.1 Å². The maximum Gasteiger partial charge on any atom is 0.200 e. The molecule has 0 aliphatic heterocycles. The third kappa shape index (κ3) is 1.92. The predicted molar refractivity (Wildman–Crippen MR) is 65.1 cm³/mol. The lowest BCUT2D eigenvalue weighted by molar-refractivity contribution is 0.518. The van der Waals surface area contributed by atoms with Crippen LogP contribution >= 0.6 is 12.2 Å². The number of imidazole rings is 1. The van der Waals surface area contributed by atoms with Crippen LogP contribution in [0.2, 0.25) is 0 Å². The molecule has 86 valence electrons. The molecule has 0 bridgehead atoms. The van der Waals surface area contributed by atoms with E-state index in [1.54, 1.807) is 12.6 Å². The minimum atomic E-state index is 0.395. The van der Waals surface area contributed by atoms with Crippen molar-refractivity contribution < 1.29 is 4.42 Å². The fourth-order valence-electron chi connectivity index (χ4n) is 1.57. The number of aromatic nitrogens is 4. The molecular weight excluding hydrogens is 238 g/mol. The molecule has 0 unspecified atom stereocenters. The van der Waals surface area contributed by atoms with Gasteiger partial charge >= 0.3 is 0 Å². The van der Waals surface area contributed by atoms with E-state index in [-0.39, 0.29) is 0 Å². The number of furan rings is 1. The second kappa shape index (κ2) is 4.02. The lowest BCUT2D eigenvalue weighted by Crippen LogP contribution is -2.02. The Kier molecular flexibility index (Phi) is 2.37. The van der Waals surface area contributed by atoms with Crippen LogP contribution in [-0.2, 0) is 6.54 Å². The van der Waals surface area contributed by atoms with Gasteiger partial charge in [0.05, 0.1) is 19.1 Å². The fraction of sp³-hybridized carbons (Fsp3) is 0.100. The van der Waals surface area contributed by atoms with Gasteiger partial charge in [-0.2, -0.15) is 0 Å². The van der Waals surface area contributed by atoms with Crippen LogP contribution in [0.3, 0.4) is 0 Å². The van der Waals surface area contributed by atoms with Crippen molar-refractivity contribution in [3.8, 4) is 0 Å². The van der Waals surface area contributed by atoms with E-state index >= 15 is 0 Å². The van der Waals surface area contributed by atoms with E-state index in [9.17, 15) is 0 Å². The molecule has 0 fully saturated rings. The Labute approximate surface area is 101 Å². The number of hydrogen-bond acceptors (Lipinski definition) is 5. The van der Waals surface area contributed by atoms with Gasteiger partial charge in [0.2, 0.25) is 4.77 Å². The van der Waals surface area contributed by atoms with Crippen molar-refractivity contribution in [1.29, 1.82) is 0 Å². The van der Waals surface area contributed by atoms with Crippen LogP contribution in [0.4, 0.5) is 5.82 Å². The van der Waals surface area contributed by atoms with Gasteiger partial charge in [0.1, 0.15) is 11.3 Å². The first-order valence-electron chi connectivity index (χ1n) is 5.02. The van der Waals surface area contributed by atoms with Crippen LogP contribution < -0.4 is 5.32 Å². The minimum absolute atomic E-state index is 0.395. The van der Waals surface area contributed by atoms with Crippen LogP contribution in [0.5, 0.6) is 0 Å². The first-order valence-corrected chi connectivity index (χ1v) is 5.43. The molecule has 7 heteroatoms. The summed E-state index contributed by atoms with van der Waals surface area (Å²) in [6.07, 6.45) is 3.23. The van der Waals surface area contributed by atoms with Crippen LogP contribution in [0.25, 0.3) is 11.2 Å². The number of anilines is 1. The van der Waals surface area contributed by atoms with Gasteiger partial charge < -0.3 is 19.7 Å². The van der Waals surface area contributed by atoms with Crippen LogP contribution in [0.15, 0.2) is 29.1 Å². The molecule has 0 aliphatic rings. The van der Waals surface area contributed by atoms with Gasteiger partial charge in [0.25, 0.3) is 0 Å². The van der Waals surface area contributed by atoms with Gasteiger partial charge in [0.15, 0.2) is 11.5 Å². The van der Waals surface area contributed by atoms with E-state index in [1.165, 1.54) is 0 Å². The molecule has 0 atom stereocenters. The number of H-pyrrole nitrogens is 2. The third-order valence-electron chi connectivity index (χ3n) is 2.32. The average molecular weight is 247 g/mol. The van der Waals surface area contributed by atoms with Crippen LogP contribution in [0.1, 0.15) is 5.76 Å². The number of hydrogen-bond donors (Lipinski definition) is 3. The van der Waals surface area contributed by atoms with E-state index in [0.717, 1.165) is 11.3 Å². The molecule has 3 heterocycles. The second-order valence-electron chi connectivity index (χ2n) is 3.45. The molecule has 3 aromatic heterocycles. The Balaban J connectivity index is 1.94.